The van der Waals surface area contributed by atoms with Gasteiger partial charge < -0.3 is 0 Å². The zero-order chi connectivity index (χ0) is 10.4. The van der Waals surface area contributed by atoms with Crippen LogP contribution in [-0.2, 0) is 0 Å². The van der Waals surface area contributed by atoms with E-state index in [1.165, 1.54) is 11.1 Å². The Hall–Kier alpha value is -1.30. The second-order valence-corrected chi connectivity index (χ2v) is 3.70. The van der Waals surface area contributed by atoms with Crippen LogP contribution in [-0.4, -0.2) is 0 Å². The molecule has 0 amide bonds. The summed E-state index contributed by atoms with van der Waals surface area (Å²) in [6, 6.07) is 10.5. The van der Waals surface area contributed by atoms with Crippen LogP contribution in [0.1, 0.15) is 25.8 Å². The summed E-state index contributed by atoms with van der Waals surface area (Å²) in [5, 5.41) is 0. The van der Waals surface area contributed by atoms with Crippen LogP contribution in [0.15, 0.2) is 49.1 Å². The summed E-state index contributed by atoms with van der Waals surface area (Å²) in [5.41, 5.74) is 2.66. The van der Waals surface area contributed by atoms with E-state index in [9.17, 15) is 0 Å². The predicted molar refractivity (Wildman–Crippen MR) is 64.1 cm³/mol. The molecular formula is C14H18. The SMILES string of the molecule is C=C[C@H](C)C/C=C(/C)c1ccccc1. The Labute approximate surface area is 87.0 Å². The largest absolute Gasteiger partial charge is 0.103 e. The maximum absolute atomic E-state index is 3.78. The molecule has 0 unspecified atom stereocenters. The van der Waals surface area contributed by atoms with Gasteiger partial charge in [0.2, 0.25) is 0 Å². The van der Waals surface area contributed by atoms with Crippen LogP contribution in [0.4, 0.5) is 0 Å². The van der Waals surface area contributed by atoms with Crippen LogP contribution in [0.3, 0.4) is 0 Å². The molecule has 1 rings (SSSR count). The van der Waals surface area contributed by atoms with Gasteiger partial charge in [0, 0.05) is 0 Å². The Bertz CT molecular complexity index is 306. The molecule has 0 saturated heterocycles. The zero-order valence-corrected chi connectivity index (χ0v) is 9.03. The van der Waals surface area contributed by atoms with Gasteiger partial charge in [-0.25, -0.2) is 0 Å². The van der Waals surface area contributed by atoms with Gasteiger partial charge in [-0.2, -0.15) is 0 Å². The van der Waals surface area contributed by atoms with Crippen molar-refractivity contribution in [2.75, 3.05) is 0 Å². The van der Waals surface area contributed by atoms with Crippen LogP contribution in [0, 0.1) is 5.92 Å². The highest BCUT2D eigenvalue weighted by molar-refractivity contribution is 5.63. The first-order chi connectivity index (χ1) is 6.74. The van der Waals surface area contributed by atoms with E-state index >= 15 is 0 Å². The molecular weight excluding hydrogens is 168 g/mol. The summed E-state index contributed by atoms with van der Waals surface area (Å²) in [4.78, 5) is 0. The molecule has 0 nitrogen and oxygen atoms in total. The topological polar surface area (TPSA) is 0 Å². The summed E-state index contributed by atoms with van der Waals surface area (Å²) in [7, 11) is 0. The van der Waals surface area contributed by atoms with Gasteiger partial charge in [0.05, 0.1) is 0 Å². The standard InChI is InChI=1S/C14H18/c1-4-12(2)10-11-13(3)14-8-6-5-7-9-14/h4-9,11-12H,1,10H2,2-3H3/b13-11-/t12-/m0/s1. The first-order valence-corrected chi connectivity index (χ1v) is 5.08. The average molecular weight is 186 g/mol. The van der Waals surface area contributed by atoms with Crippen LogP contribution in [0.5, 0.6) is 0 Å². The highest BCUT2D eigenvalue weighted by atomic mass is 14.0. The molecule has 0 spiro atoms. The van der Waals surface area contributed by atoms with Gasteiger partial charge in [0.25, 0.3) is 0 Å². The number of allylic oxidation sites excluding steroid dienone is 3. The van der Waals surface area contributed by atoms with Crippen LogP contribution < -0.4 is 0 Å². The van der Waals surface area contributed by atoms with Crippen molar-refractivity contribution in [1.82, 2.24) is 0 Å². The van der Waals surface area contributed by atoms with E-state index < -0.39 is 0 Å². The number of benzene rings is 1. The predicted octanol–water partition coefficient (Wildman–Crippen LogP) is 4.30. The third-order valence-corrected chi connectivity index (χ3v) is 2.43. The molecule has 1 atom stereocenters. The van der Waals surface area contributed by atoms with Crippen molar-refractivity contribution in [1.29, 1.82) is 0 Å². The Balaban J connectivity index is 2.66. The molecule has 0 fully saturated rings. The first kappa shape index (κ1) is 10.8. The molecule has 0 saturated carbocycles. The van der Waals surface area contributed by atoms with Gasteiger partial charge in [-0.05, 0) is 30.4 Å². The molecule has 74 valence electrons. The minimum atomic E-state index is 0.564. The van der Waals surface area contributed by atoms with E-state index in [2.05, 4.69) is 50.8 Å². The fourth-order valence-corrected chi connectivity index (χ4v) is 1.28. The Morgan fingerprint density at radius 1 is 1.36 bits per heavy atom. The van der Waals surface area contributed by atoms with Gasteiger partial charge in [-0.3, -0.25) is 0 Å². The highest BCUT2D eigenvalue weighted by Crippen LogP contribution is 2.15. The van der Waals surface area contributed by atoms with Crippen molar-refractivity contribution in [3.05, 3.63) is 54.6 Å². The van der Waals surface area contributed by atoms with Crippen molar-refractivity contribution < 1.29 is 0 Å². The van der Waals surface area contributed by atoms with Gasteiger partial charge in [-0.1, -0.05) is 49.4 Å². The lowest BCUT2D eigenvalue weighted by Crippen LogP contribution is -1.86. The second-order valence-electron chi connectivity index (χ2n) is 3.70. The summed E-state index contributed by atoms with van der Waals surface area (Å²) >= 11 is 0. The molecule has 0 aliphatic rings. The fourth-order valence-electron chi connectivity index (χ4n) is 1.28. The number of hydrogen-bond donors (Lipinski definition) is 0. The Morgan fingerprint density at radius 3 is 2.57 bits per heavy atom. The molecule has 1 aromatic rings. The minimum Gasteiger partial charge on any atom is -0.103 e. The number of rotatable bonds is 4. The van der Waals surface area contributed by atoms with Gasteiger partial charge in [0.1, 0.15) is 0 Å². The van der Waals surface area contributed by atoms with Crippen molar-refractivity contribution >= 4 is 5.57 Å². The van der Waals surface area contributed by atoms with Crippen LogP contribution in [0.2, 0.25) is 0 Å². The van der Waals surface area contributed by atoms with E-state index in [0.29, 0.717) is 5.92 Å². The monoisotopic (exact) mass is 186 g/mol. The van der Waals surface area contributed by atoms with Crippen molar-refractivity contribution in [3.8, 4) is 0 Å². The van der Waals surface area contributed by atoms with E-state index in [0.717, 1.165) is 6.42 Å². The first-order valence-electron chi connectivity index (χ1n) is 5.08. The van der Waals surface area contributed by atoms with Crippen LogP contribution in [0.25, 0.3) is 5.57 Å². The smallest absolute Gasteiger partial charge is 0.0230 e. The van der Waals surface area contributed by atoms with E-state index in [-0.39, 0.29) is 0 Å². The van der Waals surface area contributed by atoms with E-state index in [4.69, 9.17) is 0 Å². The van der Waals surface area contributed by atoms with E-state index in [1.807, 2.05) is 12.1 Å². The maximum Gasteiger partial charge on any atom is -0.0230 e. The Kier molecular flexibility index (Phi) is 4.18. The quantitative estimate of drug-likeness (QED) is 0.615. The molecule has 0 aliphatic carbocycles. The Morgan fingerprint density at radius 2 is 2.00 bits per heavy atom. The number of hydrogen-bond acceptors (Lipinski definition) is 0. The molecule has 0 aliphatic heterocycles. The fraction of sp³-hybridized carbons (Fsp3) is 0.286. The molecule has 14 heavy (non-hydrogen) atoms. The third-order valence-electron chi connectivity index (χ3n) is 2.43. The summed E-state index contributed by atoms with van der Waals surface area (Å²) < 4.78 is 0. The normalized spacial score (nSPS) is 13.7. The third kappa shape index (κ3) is 3.21. The highest BCUT2D eigenvalue weighted by Gasteiger charge is 1.95. The molecule has 0 aromatic heterocycles. The zero-order valence-electron chi connectivity index (χ0n) is 9.03. The van der Waals surface area contributed by atoms with Crippen molar-refractivity contribution in [2.24, 2.45) is 5.92 Å². The molecule has 0 bridgehead atoms. The van der Waals surface area contributed by atoms with Gasteiger partial charge in [-0.15, -0.1) is 6.58 Å². The molecule has 0 radical (unpaired) electrons. The second kappa shape index (κ2) is 5.43. The maximum atomic E-state index is 3.78. The van der Waals surface area contributed by atoms with Crippen molar-refractivity contribution in [3.63, 3.8) is 0 Å². The minimum absolute atomic E-state index is 0.564. The average Bonchev–Trinajstić information content (AvgIpc) is 2.26. The van der Waals surface area contributed by atoms with Crippen LogP contribution >= 0.6 is 0 Å². The summed E-state index contributed by atoms with van der Waals surface area (Å²) in [6.45, 7) is 8.12. The lowest BCUT2D eigenvalue weighted by Gasteiger charge is -2.03. The summed E-state index contributed by atoms with van der Waals surface area (Å²) in [6.07, 6.45) is 5.35. The molecule has 0 N–H and O–H groups in total. The summed E-state index contributed by atoms with van der Waals surface area (Å²) in [5.74, 6) is 0.564. The van der Waals surface area contributed by atoms with Gasteiger partial charge in [0.15, 0.2) is 0 Å². The van der Waals surface area contributed by atoms with Gasteiger partial charge >= 0.3 is 0 Å². The lowest BCUT2D eigenvalue weighted by atomic mass is 10.0. The molecule has 1 aromatic carbocycles. The van der Waals surface area contributed by atoms with E-state index in [1.54, 1.807) is 0 Å². The lowest BCUT2D eigenvalue weighted by molar-refractivity contribution is 0.747. The molecule has 0 heteroatoms. The van der Waals surface area contributed by atoms with Crippen molar-refractivity contribution in [2.45, 2.75) is 20.3 Å². The molecule has 0 heterocycles.